The number of aliphatic hydroxyl groups is 1. The van der Waals surface area contributed by atoms with Crippen LogP contribution < -0.4 is 10.1 Å². The molecule has 21 heavy (non-hydrogen) atoms. The minimum atomic E-state index is -0.515. The fraction of sp³-hybridized carbons (Fsp3) is 0.375. The van der Waals surface area contributed by atoms with E-state index in [1.807, 2.05) is 37.3 Å². The molecule has 3 nitrogen and oxygen atoms in total. The monoisotopic (exact) mass is 327 g/mol. The summed E-state index contributed by atoms with van der Waals surface area (Å²) < 4.78 is 5.56. The maximum Gasteiger partial charge on any atom is 0.119 e. The molecule has 0 aliphatic carbocycles. The van der Waals surface area contributed by atoms with Crippen LogP contribution in [0.4, 0.5) is 0 Å². The summed E-state index contributed by atoms with van der Waals surface area (Å²) in [6.45, 7) is 4.95. The smallest absolute Gasteiger partial charge is 0.119 e. The van der Waals surface area contributed by atoms with Gasteiger partial charge in [0.05, 0.1) is 0 Å². The summed E-state index contributed by atoms with van der Waals surface area (Å²) in [5, 5.41) is 15.3. The molecule has 0 saturated carbocycles. The summed E-state index contributed by atoms with van der Waals surface area (Å²) in [4.78, 5) is 1.27. The van der Waals surface area contributed by atoms with Gasteiger partial charge in [-0.15, -0.1) is 23.7 Å². The Bertz CT molecular complexity index is 502. The Hall–Kier alpha value is -1.07. The van der Waals surface area contributed by atoms with E-state index in [1.54, 1.807) is 11.3 Å². The van der Waals surface area contributed by atoms with Crippen molar-refractivity contribution in [2.24, 2.45) is 0 Å². The number of aliphatic hydroxyl groups excluding tert-OH is 1. The van der Waals surface area contributed by atoms with Gasteiger partial charge in [0.15, 0.2) is 0 Å². The van der Waals surface area contributed by atoms with Crippen LogP contribution in [0, 0.1) is 6.92 Å². The number of thiophene rings is 1. The molecule has 0 aliphatic heterocycles. The molecule has 1 heterocycles. The third-order valence-electron chi connectivity index (χ3n) is 3.09. The van der Waals surface area contributed by atoms with Crippen LogP contribution in [-0.4, -0.2) is 24.4 Å². The molecule has 0 bridgehead atoms. The highest BCUT2D eigenvalue weighted by Gasteiger charge is 2.10. The average Bonchev–Trinajstić information content (AvgIpc) is 2.98. The summed E-state index contributed by atoms with van der Waals surface area (Å²) in [5.74, 6) is 0.793. The molecule has 1 aromatic carbocycles. The van der Waals surface area contributed by atoms with Gasteiger partial charge in [-0.1, -0.05) is 23.8 Å². The summed E-state index contributed by atoms with van der Waals surface area (Å²) >= 11 is 1.72. The van der Waals surface area contributed by atoms with Crippen LogP contribution in [0.15, 0.2) is 41.8 Å². The Morgan fingerprint density at radius 3 is 2.57 bits per heavy atom. The summed E-state index contributed by atoms with van der Waals surface area (Å²) in [6, 6.07) is 12.2. The van der Waals surface area contributed by atoms with Gasteiger partial charge in [0.25, 0.3) is 0 Å². The second-order valence-electron chi connectivity index (χ2n) is 4.92. The van der Waals surface area contributed by atoms with Gasteiger partial charge in [-0.3, -0.25) is 0 Å². The van der Waals surface area contributed by atoms with Crippen molar-refractivity contribution in [3.63, 3.8) is 0 Å². The summed E-state index contributed by atoms with van der Waals surface area (Å²) in [6.07, 6.45) is -0.515. The second kappa shape index (κ2) is 9.05. The highest BCUT2D eigenvalue weighted by molar-refractivity contribution is 7.10. The highest BCUT2D eigenvalue weighted by Crippen LogP contribution is 2.18. The molecule has 2 rings (SSSR count). The molecule has 2 atom stereocenters. The van der Waals surface area contributed by atoms with Crippen molar-refractivity contribution in [2.75, 3.05) is 13.2 Å². The van der Waals surface area contributed by atoms with Gasteiger partial charge in [0.2, 0.25) is 0 Å². The zero-order valence-corrected chi connectivity index (χ0v) is 13.9. The van der Waals surface area contributed by atoms with E-state index < -0.39 is 6.10 Å². The predicted octanol–water partition coefficient (Wildman–Crippen LogP) is 3.57. The van der Waals surface area contributed by atoms with Crippen LogP contribution in [0.3, 0.4) is 0 Å². The van der Waals surface area contributed by atoms with E-state index in [0.29, 0.717) is 13.2 Å². The van der Waals surface area contributed by atoms with Gasteiger partial charge in [-0.25, -0.2) is 0 Å². The highest BCUT2D eigenvalue weighted by atomic mass is 35.5. The Morgan fingerprint density at radius 1 is 1.24 bits per heavy atom. The predicted molar refractivity (Wildman–Crippen MR) is 90.7 cm³/mol. The third kappa shape index (κ3) is 6.06. The van der Waals surface area contributed by atoms with Crippen LogP contribution in [0.2, 0.25) is 0 Å². The van der Waals surface area contributed by atoms with Crippen LogP contribution in [0.5, 0.6) is 5.75 Å². The van der Waals surface area contributed by atoms with E-state index in [9.17, 15) is 5.11 Å². The molecule has 5 heteroatoms. The van der Waals surface area contributed by atoms with E-state index >= 15 is 0 Å². The first-order chi connectivity index (χ1) is 9.65. The Labute approximate surface area is 136 Å². The molecule has 0 amide bonds. The number of hydrogen-bond donors (Lipinski definition) is 2. The first-order valence-electron chi connectivity index (χ1n) is 6.79. The summed E-state index contributed by atoms with van der Waals surface area (Å²) in [7, 11) is 0. The standard InChI is InChI=1S/C16H21NO2S.ClH/c1-12-5-7-15(8-6-12)19-11-14(18)10-17-13(2)16-4-3-9-20-16;/h3-9,13-14,17-18H,10-11H2,1-2H3;1H. The average molecular weight is 328 g/mol. The SMILES string of the molecule is Cc1ccc(OCC(O)CNC(C)c2cccs2)cc1.Cl. The largest absolute Gasteiger partial charge is 0.491 e. The lowest BCUT2D eigenvalue weighted by Gasteiger charge is -2.16. The number of rotatable bonds is 7. The van der Waals surface area contributed by atoms with Crippen molar-refractivity contribution in [3.05, 3.63) is 52.2 Å². The molecule has 0 fully saturated rings. The first-order valence-corrected chi connectivity index (χ1v) is 7.67. The quantitative estimate of drug-likeness (QED) is 0.817. The molecular formula is C16H22ClNO2S. The van der Waals surface area contributed by atoms with Crippen molar-refractivity contribution in [3.8, 4) is 5.75 Å². The summed E-state index contributed by atoms with van der Waals surface area (Å²) in [5.41, 5.74) is 1.20. The maximum absolute atomic E-state index is 9.93. The van der Waals surface area contributed by atoms with E-state index in [0.717, 1.165) is 5.75 Å². The lowest BCUT2D eigenvalue weighted by Crippen LogP contribution is -2.32. The van der Waals surface area contributed by atoms with Crippen molar-refractivity contribution in [2.45, 2.75) is 26.0 Å². The molecule has 0 radical (unpaired) electrons. The zero-order chi connectivity index (χ0) is 14.4. The molecule has 2 aromatic rings. The van der Waals surface area contributed by atoms with E-state index in [2.05, 4.69) is 23.7 Å². The minimum Gasteiger partial charge on any atom is -0.491 e. The number of benzene rings is 1. The Balaban J connectivity index is 0.00000220. The molecule has 0 aliphatic rings. The normalized spacial score (nSPS) is 13.3. The van der Waals surface area contributed by atoms with Crippen molar-refractivity contribution >= 4 is 23.7 Å². The number of halogens is 1. The van der Waals surface area contributed by atoms with Gasteiger partial charge in [0, 0.05) is 17.5 Å². The van der Waals surface area contributed by atoms with Crippen LogP contribution in [0.25, 0.3) is 0 Å². The number of nitrogens with one attached hydrogen (secondary N) is 1. The van der Waals surface area contributed by atoms with Gasteiger partial charge in [-0.05, 0) is 37.4 Å². The Kier molecular flexibility index (Phi) is 7.75. The van der Waals surface area contributed by atoms with Crippen LogP contribution in [-0.2, 0) is 0 Å². The molecule has 2 N–H and O–H groups in total. The van der Waals surface area contributed by atoms with Crippen LogP contribution >= 0.6 is 23.7 Å². The van der Waals surface area contributed by atoms with Crippen molar-refractivity contribution in [1.82, 2.24) is 5.32 Å². The minimum absolute atomic E-state index is 0. The van der Waals surface area contributed by atoms with Crippen molar-refractivity contribution < 1.29 is 9.84 Å². The lowest BCUT2D eigenvalue weighted by molar-refractivity contribution is 0.104. The fourth-order valence-electron chi connectivity index (χ4n) is 1.84. The van der Waals surface area contributed by atoms with Gasteiger partial charge in [0.1, 0.15) is 18.5 Å². The maximum atomic E-state index is 9.93. The topological polar surface area (TPSA) is 41.5 Å². The van der Waals surface area contributed by atoms with Gasteiger partial charge < -0.3 is 15.2 Å². The first kappa shape index (κ1) is 18.0. The molecule has 0 spiro atoms. The third-order valence-corrected chi connectivity index (χ3v) is 4.15. The van der Waals surface area contributed by atoms with Gasteiger partial charge in [-0.2, -0.15) is 0 Å². The van der Waals surface area contributed by atoms with Crippen LogP contribution in [0.1, 0.15) is 23.4 Å². The van der Waals surface area contributed by atoms with E-state index in [4.69, 9.17) is 4.74 Å². The molecule has 0 saturated heterocycles. The molecule has 2 unspecified atom stereocenters. The molecule has 1 aromatic heterocycles. The van der Waals surface area contributed by atoms with E-state index in [-0.39, 0.29) is 18.4 Å². The number of hydrogen-bond acceptors (Lipinski definition) is 4. The molecule has 116 valence electrons. The zero-order valence-electron chi connectivity index (χ0n) is 12.3. The van der Waals surface area contributed by atoms with Crippen molar-refractivity contribution in [1.29, 1.82) is 0 Å². The molecular weight excluding hydrogens is 306 g/mol. The number of aryl methyl sites for hydroxylation is 1. The lowest BCUT2D eigenvalue weighted by atomic mass is 10.2. The van der Waals surface area contributed by atoms with Gasteiger partial charge >= 0.3 is 0 Å². The van der Waals surface area contributed by atoms with E-state index in [1.165, 1.54) is 10.4 Å². The second-order valence-corrected chi connectivity index (χ2v) is 5.90. The Morgan fingerprint density at radius 2 is 1.95 bits per heavy atom. The number of ether oxygens (including phenoxy) is 1. The fourth-order valence-corrected chi connectivity index (χ4v) is 2.60.